The lowest BCUT2D eigenvalue weighted by atomic mass is 10.1. The van der Waals surface area contributed by atoms with Gasteiger partial charge in [0.25, 0.3) is 0 Å². The zero-order valence-corrected chi connectivity index (χ0v) is 16.2. The Morgan fingerprint density at radius 2 is 1.93 bits per heavy atom. The lowest BCUT2D eigenvalue weighted by Crippen LogP contribution is -2.44. The summed E-state index contributed by atoms with van der Waals surface area (Å²) in [5.74, 6) is -0.387. The van der Waals surface area contributed by atoms with Crippen LogP contribution in [0.3, 0.4) is 0 Å². The minimum atomic E-state index is -0.560. The van der Waals surface area contributed by atoms with Crippen LogP contribution in [-0.4, -0.2) is 39.2 Å². The second-order valence-electron chi connectivity index (χ2n) is 6.85. The fraction of sp³-hybridized carbons (Fsp3) is 0.381. The van der Waals surface area contributed by atoms with Gasteiger partial charge in [0.2, 0.25) is 0 Å². The predicted molar refractivity (Wildman–Crippen MR) is 107 cm³/mol. The summed E-state index contributed by atoms with van der Waals surface area (Å²) in [6.45, 7) is 2.59. The predicted octanol–water partition coefficient (Wildman–Crippen LogP) is 3.06. The summed E-state index contributed by atoms with van der Waals surface area (Å²) in [4.78, 5) is 6.20. The van der Waals surface area contributed by atoms with E-state index in [9.17, 15) is 8.78 Å². The molecule has 0 aromatic heterocycles. The van der Waals surface area contributed by atoms with E-state index in [1.165, 1.54) is 12.1 Å². The minimum absolute atomic E-state index is 0.139. The Bertz CT molecular complexity index is 811. The number of nitrogens with one attached hydrogen (secondary N) is 2. The Balaban J connectivity index is 1.51. The van der Waals surface area contributed by atoms with E-state index in [-0.39, 0.29) is 6.04 Å². The van der Waals surface area contributed by atoms with Gasteiger partial charge in [0, 0.05) is 45.9 Å². The van der Waals surface area contributed by atoms with Gasteiger partial charge < -0.3 is 20.3 Å². The molecule has 1 aliphatic heterocycles. The second-order valence-corrected chi connectivity index (χ2v) is 6.85. The number of rotatable bonds is 6. The minimum Gasteiger partial charge on any atom is -0.380 e. The molecular formula is C21H26F2N4O. The largest absolute Gasteiger partial charge is 0.380 e. The van der Waals surface area contributed by atoms with E-state index in [0.717, 1.165) is 23.6 Å². The molecule has 0 spiro atoms. The molecule has 2 aromatic rings. The number of hydrogen-bond acceptors (Lipinski definition) is 3. The van der Waals surface area contributed by atoms with Crippen molar-refractivity contribution in [3.63, 3.8) is 0 Å². The van der Waals surface area contributed by atoms with E-state index in [2.05, 4.69) is 27.8 Å². The van der Waals surface area contributed by atoms with Crippen LogP contribution in [0.25, 0.3) is 0 Å². The van der Waals surface area contributed by atoms with Crippen molar-refractivity contribution >= 4 is 11.6 Å². The molecule has 0 aliphatic carbocycles. The van der Waals surface area contributed by atoms with Crippen LogP contribution in [-0.2, 0) is 17.9 Å². The first-order valence-electron chi connectivity index (χ1n) is 9.33. The number of nitrogens with zero attached hydrogens (tertiary/aromatic N) is 2. The molecule has 1 atom stereocenters. The average Bonchev–Trinajstić information content (AvgIpc) is 3.14. The standard InChI is InChI=1S/C21H26F2N4O/c1-24-21(25-12-15-3-5-16(6-4-15)14-28-2)26-18-9-10-27(13-18)20-8-7-17(22)11-19(20)23/h3-8,11,18H,9-10,12-14H2,1-2H3,(H2,24,25,26). The molecular weight excluding hydrogens is 362 g/mol. The highest BCUT2D eigenvalue weighted by Gasteiger charge is 2.25. The normalized spacial score (nSPS) is 17.1. The molecule has 28 heavy (non-hydrogen) atoms. The van der Waals surface area contributed by atoms with Crippen molar-refractivity contribution in [2.75, 3.05) is 32.1 Å². The number of hydrogen-bond donors (Lipinski definition) is 2. The summed E-state index contributed by atoms with van der Waals surface area (Å²) in [5.41, 5.74) is 2.71. The maximum absolute atomic E-state index is 14.0. The summed E-state index contributed by atoms with van der Waals surface area (Å²) >= 11 is 0. The van der Waals surface area contributed by atoms with Crippen LogP contribution in [0.15, 0.2) is 47.5 Å². The maximum Gasteiger partial charge on any atom is 0.191 e. The fourth-order valence-electron chi connectivity index (χ4n) is 3.33. The van der Waals surface area contributed by atoms with Crippen LogP contribution in [0.5, 0.6) is 0 Å². The number of aliphatic imine (C=N–C) groups is 1. The van der Waals surface area contributed by atoms with Crippen LogP contribution in [0.1, 0.15) is 17.5 Å². The summed E-state index contributed by atoms with van der Waals surface area (Å²) in [6, 6.07) is 12.1. The van der Waals surface area contributed by atoms with Gasteiger partial charge >= 0.3 is 0 Å². The molecule has 0 saturated carbocycles. The van der Waals surface area contributed by atoms with Crippen LogP contribution >= 0.6 is 0 Å². The van der Waals surface area contributed by atoms with E-state index in [1.54, 1.807) is 14.2 Å². The van der Waals surface area contributed by atoms with Crippen LogP contribution < -0.4 is 15.5 Å². The first-order chi connectivity index (χ1) is 13.6. The number of anilines is 1. The topological polar surface area (TPSA) is 48.9 Å². The van der Waals surface area contributed by atoms with E-state index in [1.807, 2.05) is 17.0 Å². The van der Waals surface area contributed by atoms with Gasteiger partial charge in [-0.3, -0.25) is 4.99 Å². The van der Waals surface area contributed by atoms with Gasteiger partial charge in [-0.1, -0.05) is 24.3 Å². The average molecular weight is 388 g/mol. The van der Waals surface area contributed by atoms with Crippen molar-refractivity contribution < 1.29 is 13.5 Å². The van der Waals surface area contributed by atoms with Gasteiger partial charge in [0.1, 0.15) is 11.6 Å². The van der Waals surface area contributed by atoms with Crippen molar-refractivity contribution in [3.05, 3.63) is 65.2 Å². The van der Waals surface area contributed by atoms with Crippen molar-refractivity contribution in [2.45, 2.75) is 25.6 Å². The Hall–Kier alpha value is -2.67. The van der Waals surface area contributed by atoms with Crippen molar-refractivity contribution in [1.29, 1.82) is 0 Å². The molecule has 0 amide bonds. The molecule has 0 radical (unpaired) electrons. The molecule has 7 heteroatoms. The van der Waals surface area contributed by atoms with Gasteiger partial charge in [0.05, 0.1) is 12.3 Å². The molecule has 1 saturated heterocycles. The number of halogens is 2. The molecule has 5 nitrogen and oxygen atoms in total. The van der Waals surface area contributed by atoms with Crippen molar-refractivity contribution in [1.82, 2.24) is 10.6 Å². The molecule has 1 heterocycles. The number of methoxy groups -OCH3 is 1. The molecule has 2 N–H and O–H groups in total. The number of guanidine groups is 1. The lowest BCUT2D eigenvalue weighted by Gasteiger charge is -2.21. The third-order valence-electron chi connectivity index (χ3n) is 4.80. The number of ether oxygens (including phenoxy) is 1. The molecule has 2 aromatic carbocycles. The smallest absolute Gasteiger partial charge is 0.191 e. The van der Waals surface area contributed by atoms with Gasteiger partial charge in [-0.25, -0.2) is 8.78 Å². The highest BCUT2D eigenvalue weighted by Crippen LogP contribution is 2.24. The van der Waals surface area contributed by atoms with Crippen LogP contribution in [0.2, 0.25) is 0 Å². The zero-order valence-electron chi connectivity index (χ0n) is 16.2. The Morgan fingerprint density at radius 3 is 2.61 bits per heavy atom. The maximum atomic E-state index is 14.0. The Morgan fingerprint density at radius 1 is 1.18 bits per heavy atom. The van der Waals surface area contributed by atoms with Crippen LogP contribution in [0, 0.1) is 11.6 Å². The molecule has 150 valence electrons. The van der Waals surface area contributed by atoms with Crippen molar-refractivity contribution in [2.24, 2.45) is 4.99 Å². The van der Waals surface area contributed by atoms with Gasteiger partial charge in [-0.15, -0.1) is 0 Å². The van der Waals surface area contributed by atoms with E-state index in [4.69, 9.17) is 4.74 Å². The third-order valence-corrected chi connectivity index (χ3v) is 4.80. The van der Waals surface area contributed by atoms with E-state index >= 15 is 0 Å². The van der Waals surface area contributed by atoms with E-state index in [0.29, 0.717) is 37.9 Å². The molecule has 1 unspecified atom stereocenters. The highest BCUT2D eigenvalue weighted by atomic mass is 19.1. The summed E-state index contributed by atoms with van der Waals surface area (Å²) < 4.78 is 32.2. The van der Waals surface area contributed by atoms with Gasteiger partial charge in [-0.05, 0) is 29.7 Å². The molecule has 1 aliphatic rings. The molecule has 0 bridgehead atoms. The van der Waals surface area contributed by atoms with Gasteiger partial charge in [0.15, 0.2) is 5.96 Å². The Labute approximate surface area is 164 Å². The molecule has 3 rings (SSSR count). The van der Waals surface area contributed by atoms with Crippen molar-refractivity contribution in [3.8, 4) is 0 Å². The monoisotopic (exact) mass is 388 g/mol. The lowest BCUT2D eigenvalue weighted by molar-refractivity contribution is 0.185. The quantitative estimate of drug-likeness (QED) is 0.590. The molecule has 1 fully saturated rings. The zero-order chi connectivity index (χ0) is 19.9. The Kier molecular flexibility index (Phi) is 6.81. The third kappa shape index (κ3) is 5.19. The fourth-order valence-corrected chi connectivity index (χ4v) is 3.33. The SMILES string of the molecule is CN=C(NCc1ccc(COC)cc1)NC1CCN(c2ccc(F)cc2F)C1. The first-order valence-corrected chi connectivity index (χ1v) is 9.33. The second kappa shape index (κ2) is 9.50. The highest BCUT2D eigenvalue weighted by molar-refractivity contribution is 5.80. The van der Waals surface area contributed by atoms with Crippen LogP contribution in [0.4, 0.5) is 14.5 Å². The first kappa shape index (κ1) is 20.1. The summed E-state index contributed by atoms with van der Waals surface area (Å²) in [5, 5.41) is 6.68. The summed E-state index contributed by atoms with van der Waals surface area (Å²) in [7, 11) is 3.41. The van der Waals surface area contributed by atoms with Gasteiger partial charge in [-0.2, -0.15) is 0 Å². The number of benzene rings is 2. The summed E-state index contributed by atoms with van der Waals surface area (Å²) in [6.07, 6.45) is 0.850. The van der Waals surface area contributed by atoms with E-state index < -0.39 is 11.6 Å².